The third-order valence-electron chi connectivity index (χ3n) is 16.2. The quantitative estimate of drug-likeness (QED) is 0.0195. The minimum atomic E-state index is -1.62. The van der Waals surface area contributed by atoms with Crippen LogP contribution in [0.3, 0.4) is 0 Å². The molecule has 9 heteroatoms. The minimum Gasteiger partial charge on any atom is -0.545 e. The maximum absolute atomic E-state index is 12.9. The molecule has 0 saturated heterocycles. The van der Waals surface area contributed by atoms with Gasteiger partial charge in [0.1, 0.15) is 13.2 Å². The molecular formula is C76H139NO8. The van der Waals surface area contributed by atoms with Crippen molar-refractivity contribution in [3.05, 3.63) is 60.8 Å². The monoisotopic (exact) mass is 1190 g/mol. The van der Waals surface area contributed by atoms with Gasteiger partial charge in [0.25, 0.3) is 0 Å². The van der Waals surface area contributed by atoms with E-state index in [0.29, 0.717) is 23.9 Å². The predicted octanol–water partition coefficient (Wildman–Crippen LogP) is 21.4. The van der Waals surface area contributed by atoms with E-state index in [-0.39, 0.29) is 32.2 Å². The Bertz CT molecular complexity index is 1580. The van der Waals surface area contributed by atoms with Gasteiger partial charge in [-0.2, -0.15) is 0 Å². The SMILES string of the molecule is CCCCCCC/C=C\C/C=C\C/C=C\CCCCCCCCCCC(=O)OC(COC(=O)CCCCCCCCCCCCCCCCCCCCCCCCCCC/C=C\C/C=C\CCCCCCC)COC(OCC[N+](C)(C)C)C(=O)[O-]. The number of unbranched alkanes of at least 4 members (excludes halogenated alkanes) is 43. The van der Waals surface area contributed by atoms with Crippen LogP contribution in [0.4, 0.5) is 0 Å². The molecule has 2 unspecified atom stereocenters. The lowest BCUT2D eigenvalue weighted by molar-refractivity contribution is -0.870. The summed E-state index contributed by atoms with van der Waals surface area (Å²) in [6, 6.07) is 0. The van der Waals surface area contributed by atoms with Crippen molar-refractivity contribution in [3.63, 3.8) is 0 Å². The summed E-state index contributed by atoms with van der Waals surface area (Å²) in [5.74, 6) is -2.27. The van der Waals surface area contributed by atoms with Gasteiger partial charge in [0.05, 0.1) is 40.3 Å². The molecule has 0 fully saturated rings. The topological polar surface area (TPSA) is 111 Å². The van der Waals surface area contributed by atoms with Crippen molar-refractivity contribution >= 4 is 17.9 Å². The molecule has 0 saturated carbocycles. The Morgan fingerprint density at radius 2 is 0.635 bits per heavy atom. The molecule has 0 rings (SSSR count). The average molecular weight is 1190 g/mol. The van der Waals surface area contributed by atoms with Crippen LogP contribution in [0.25, 0.3) is 0 Å². The second-order valence-corrected chi connectivity index (χ2v) is 25.9. The molecule has 2 atom stereocenters. The fourth-order valence-electron chi connectivity index (χ4n) is 10.6. The Morgan fingerprint density at radius 3 is 0.941 bits per heavy atom. The molecule has 0 aromatic carbocycles. The van der Waals surface area contributed by atoms with E-state index in [1.165, 1.54) is 250 Å². The van der Waals surface area contributed by atoms with Crippen molar-refractivity contribution in [1.82, 2.24) is 0 Å². The number of quaternary nitrogens is 1. The van der Waals surface area contributed by atoms with Crippen LogP contribution in [-0.4, -0.2) is 82.3 Å². The van der Waals surface area contributed by atoms with Crippen molar-refractivity contribution in [2.45, 2.75) is 360 Å². The summed E-state index contributed by atoms with van der Waals surface area (Å²) in [4.78, 5) is 37.5. The number of nitrogens with zero attached hydrogens (tertiary/aromatic N) is 1. The van der Waals surface area contributed by atoms with E-state index in [1.807, 2.05) is 21.1 Å². The lowest BCUT2D eigenvalue weighted by atomic mass is 10.0. The molecule has 0 bridgehead atoms. The zero-order chi connectivity index (χ0) is 61.9. The van der Waals surface area contributed by atoms with Crippen LogP contribution in [0, 0.1) is 0 Å². The second kappa shape index (κ2) is 66.9. The van der Waals surface area contributed by atoms with Crippen LogP contribution < -0.4 is 5.11 Å². The first-order chi connectivity index (χ1) is 41.6. The van der Waals surface area contributed by atoms with E-state index >= 15 is 0 Å². The number of carbonyl (C=O) groups excluding carboxylic acids is 3. The van der Waals surface area contributed by atoms with Crippen LogP contribution in [0.15, 0.2) is 60.8 Å². The van der Waals surface area contributed by atoms with Crippen molar-refractivity contribution in [3.8, 4) is 0 Å². The highest BCUT2D eigenvalue weighted by atomic mass is 16.7. The largest absolute Gasteiger partial charge is 0.545 e. The van der Waals surface area contributed by atoms with E-state index in [9.17, 15) is 19.5 Å². The highest BCUT2D eigenvalue weighted by molar-refractivity contribution is 5.70. The van der Waals surface area contributed by atoms with Crippen molar-refractivity contribution in [2.75, 3.05) is 47.5 Å². The van der Waals surface area contributed by atoms with Gasteiger partial charge in [-0.25, -0.2) is 0 Å². The Hall–Kier alpha value is -3.01. The summed E-state index contributed by atoms with van der Waals surface area (Å²) in [6.07, 6.45) is 84.6. The molecule has 0 N–H and O–H groups in total. The maximum Gasteiger partial charge on any atom is 0.306 e. The predicted molar refractivity (Wildman–Crippen MR) is 362 cm³/mol. The molecule has 0 radical (unpaired) electrons. The summed E-state index contributed by atoms with van der Waals surface area (Å²) in [5.41, 5.74) is 0. The van der Waals surface area contributed by atoms with Crippen molar-refractivity contribution in [2.24, 2.45) is 0 Å². The van der Waals surface area contributed by atoms with Gasteiger partial charge >= 0.3 is 11.9 Å². The number of hydrogen-bond acceptors (Lipinski definition) is 8. The Balaban J connectivity index is 4.01. The lowest BCUT2D eigenvalue weighted by Crippen LogP contribution is -2.44. The van der Waals surface area contributed by atoms with Crippen molar-refractivity contribution < 1.29 is 42.9 Å². The third-order valence-corrected chi connectivity index (χ3v) is 16.2. The Kier molecular flexibility index (Phi) is 64.6. The standard InChI is InChI=1S/C76H139NO8/c1-6-8-10-12-14-16-18-20-22-24-26-28-30-31-32-33-34-35-36-37-38-39-40-41-42-43-45-46-48-50-52-54-56-58-60-62-64-66-73(78)83-70-72(71-84-76(75(80)81)82-69-68-77(3,4)5)85-74(79)67-65-63-61-59-57-55-53-51-49-47-44-29-27-25-23-21-19-17-15-13-11-9-7-2/h18-21,24-27,44,47,72,76H,6-17,22-23,28-43,45-46,48-71H2,1-5H3/b20-18-,21-19-,26-24-,27-25-,47-44-. The number of carbonyl (C=O) groups is 3. The van der Waals surface area contributed by atoms with E-state index in [2.05, 4.69) is 74.6 Å². The van der Waals surface area contributed by atoms with Gasteiger partial charge in [-0.15, -0.1) is 0 Å². The minimum absolute atomic E-state index is 0.146. The Labute approximate surface area is 526 Å². The van der Waals surface area contributed by atoms with Gasteiger partial charge in [0.2, 0.25) is 0 Å². The first-order valence-electron chi connectivity index (χ1n) is 36.4. The Morgan fingerprint density at radius 1 is 0.353 bits per heavy atom. The van der Waals surface area contributed by atoms with Gasteiger partial charge in [0.15, 0.2) is 12.4 Å². The highest BCUT2D eigenvalue weighted by Crippen LogP contribution is 2.18. The van der Waals surface area contributed by atoms with Crippen molar-refractivity contribution in [1.29, 1.82) is 0 Å². The molecule has 0 amide bonds. The van der Waals surface area contributed by atoms with Gasteiger partial charge in [-0.3, -0.25) is 9.59 Å². The van der Waals surface area contributed by atoms with Gasteiger partial charge in [0, 0.05) is 12.8 Å². The van der Waals surface area contributed by atoms with E-state index < -0.39 is 24.3 Å². The zero-order valence-electron chi connectivity index (χ0n) is 56.7. The van der Waals surface area contributed by atoms with Crippen LogP contribution in [0.2, 0.25) is 0 Å². The number of hydrogen-bond donors (Lipinski definition) is 0. The molecule has 0 aromatic rings. The summed E-state index contributed by atoms with van der Waals surface area (Å²) in [7, 11) is 5.93. The smallest absolute Gasteiger partial charge is 0.306 e. The fourth-order valence-corrected chi connectivity index (χ4v) is 10.6. The summed E-state index contributed by atoms with van der Waals surface area (Å²) in [6.45, 7) is 4.76. The molecular weight excluding hydrogens is 1050 g/mol. The molecule has 0 aliphatic carbocycles. The van der Waals surface area contributed by atoms with E-state index in [0.717, 1.165) is 64.2 Å². The molecule has 0 aromatic heterocycles. The van der Waals surface area contributed by atoms with Crippen LogP contribution >= 0.6 is 0 Å². The number of allylic oxidation sites excluding steroid dienone is 10. The van der Waals surface area contributed by atoms with Crippen LogP contribution in [0.1, 0.15) is 348 Å². The summed E-state index contributed by atoms with van der Waals surface area (Å²) in [5, 5.41) is 11.8. The molecule has 0 aliphatic rings. The van der Waals surface area contributed by atoms with Gasteiger partial charge in [-0.05, 0) is 83.5 Å². The number of esters is 2. The molecule has 0 spiro atoms. The molecule has 0 heterocycles. The third kappa shape index (κ3) is 68.3. The number of carboxylic acid groups (broad SMARTS) is 1. The first-order valence-corrected chi connectivity index (χ1v) is 36.4. The van der Waals surface area contributed by atoms with E-state index in [4.69, 9.17) is 18.9 Å². The van der Waals surface area contributed by atoms with Gasteiger partial charge in [-0.1, -0.05) is 312 Å². The lowest BCUT2D eigenvalue weighted by Gasteiger charge is -2.26. The first kappa shape index (κ1) is 82.0. The fraction of sp³-hybridized carbons (Fsp3) is 0.829. The second-order valence-electron chi connectivity index (χ2n) is 25.9. The number of ether oxygens (including phenoxy) is 4. The molecule has 0 aliphatic heterocycles. The normalized spacial score (nSPS) is 13.0. The number of aliphatic carboxylic acids is 1. The highest BCUT2D eigenvalue weighted by Gasteiger charge is 2.22. The average Bonchev–Trinajstić information content (AvgIpc) is 3.49. The van der Waals surface area contributed by atoms with Crippen LogP contribution in [-0.2, 0) is 33.3 Å². The van der Waals surface area contributed by atoms with Gasteiger partial charge < -0.3 is 33.3 Å². The van der Waals surface area contributed by atoms with E-state index in [1.54, 1.807) is 0 Å². The number of likely N-dealkylation sites (N-methyl/N-ethyl adjacent to an activating group) is 1. The number of rotatable bonds is 68. The molecule has 85 heavy (non-hydrogen) atoms. The maximum atomic E-state index is 12.9. The van der Waals surface area contributed by atoms with Crippen LogP contribution in [0.5, 0.6) is 0 Å². The molecule has 496 valence electrons. The molecule has 9 nitrogen and oxygen atoms in total. The summed E-state index contributed by atoms with van der Waals surface area (Å²) < 4.78 is 22.8. The number of carboxylic acids is 1. The summed E-state index contributed by atoms with van der Waals surface area (Å²) >= 11 is 0. The zero-order valence-corrected chi connectivity index (χ0v) is 56.7.